The van der Waals surface area contributed by atoms with Crippen LogP contribution in [0.5, 0.6) is 0 Å². The molecular weight excluding hydrogens is 365 g/mol. The Bertz CT molecular complexity index is 754. The largest absolute Gasteiger partial charge is 0.361 e. The molecule has 2 rings (SSSR count). The Morgan fingerprint density at radius 3 is 2.54 bits per heavy atom. The monoisotopic (exact) mass is 387 g/mol. The van der Waals surface area contributed by atoms with Gasteiger partial charge in [0.05, 0.1) is 5.39 Å². The van der Waals surface area contributed by atoms with Gasteiger partial charge in [-0.05, 0) is 17.6 Å². The van der Waals surface area contributed by atoms with Crippen molar-refractivity contribution < 1.29 is 9.53 Å². The first-order valence-corrected chi connectivity index (χ1v) is 12.4. The number of halogens is 2. The quantitative estimate of drug-likeness (QED) is 0.223. The average molecular weight is 388 g/mol. The zero-order valence-electron chi connectivity index (χ0n) is 14.7. The molecule has 5 nitrogen and oxygen atoms in total. The maximum absolute atomic E-state index is 12.5. The van der Waals surface area contributed by atoms with E-state index in [-0.39, 0.29) is 22.1 Å². The molecule has 0 unspecified atom stereocenters. The van der Waals surface area contributed by atoms with Gasteiger partial charge in [0.1, 0.15) is 17.5 Å². The van der Waals surface area contributed by atoms with Crippen LogP contribution in [0.1, 0.15) is 24.2 Å². The van der Waals surface area contributed by atoms with Crippen molar-refractivity contribution in [3.63, 3.8) is 0 Å². The maximum atomic E-state index is 12.5. The van der Waals surface area contributed by atoms with E-state index in [1.165, 1.54) is 0 Å². The molecule has 0 saturated heterocycles. The second kappa shape index (κ2) is 7.52. The van der Waals surface area contributed by atoms with Crippen LogP contribution in [0.15, 0.2) is 6.20 Å². The van der Waals surface area contributed by atoms with E-state index in [9.17, 15) is 4.79 Å². The SMILES string of the molecule is CC(C)C(=O)c1cn(COCC[Si](C)(C)C)c2nc(Cl)nc(Cl)c12. The predicted molar refractivity (Wildman–Crippen MR) is 101 cm³/mol. The second-order valence-electron chi connectivity index (χ2n) is 7.36. The van der Waals surface area contributed by atoms with Gasteiger partial charge in [-0.15, -0.1) is 0 Å². The van der Waals surface area contributed by atoms with Crippen molar-refractivity contribution in [1.82, 2.24) is 14.5 Å². The lowest BCUT2D eigenvalue weighted by Gasteiger charge is -2.15. The normalized spacial score (nSPS) is 12.3. The Labute approximate surface area is 153 Å². The van der Waals surface area contributed by atoms with Gasteiger partial charge in [-0.1, -0.05) is 45.1 Å². The van der Waals surface area contributed by atoms with Gasteiger partial charge in [0.2, 0.25) is 5.28 Å². The third-order valence-corrected chi connectivity index (χ3v) is 5.81. The van der Waals surface area contributed by atoms with Gasteiger partial charge in [0.25, 0.3) is 0 Å². The molecular formula is C16H23Cl2N3O2Si. The fourth-order valence-electron chi connectivity index (χ4n) is 2.26. The van der Waals surface area contributed by atoms with Crippen molar-refractivity contribution in [1.29, 1.82) is 0 Å². The van der Waals surface area contributed by atoms with Gasteiger partial charge in [-0.3, -0.25) is 4.79 Å². The first-order chi connectivity index (χ1) is 11.1. The number of Topliss-reactive ketones (excluding diaryl/α,β-unsaturated/α-hetero) is 1. The van der Waals surface area contributed by atoms with Crippen molar-refractivity contribution in [2.75, 3.05) is 6.61 Å². The van der Waals surface area contributed by atoms with E-state index in [1.54, 1.807) is 10.8 Å². The Balaban J connectivity index is 2.34. The molecule has 0 aliphatic rings. The fourth-order valence-corrected chi connectivity index (χ4v) is 3.49. The topological polar surface area (TPSA) is 57.0 Å². The summed E-state index contributed by atoms with van der Waals surface area (Å²) in [5, 5.41) is 0.779. The van der Waals surface area contributed by atoms with E-state index >= 15 is 0 Å². The molecule has 0 N–H and O–H groups in total. The van der Waals surface area contributed by atoms with Crippen LogP contribution in [0, 0.1) is 5.92 Å². The van der Waals surface area contributed by atoms with E-state index < -0.39 is 8.07 Å². The maximum Gasteiger partial charge on any atom is 0.225 e. The number of fused-ring (bicyclic) bond motifs is 1. The second-order valence-corrected chi connectivity index (χ2v) is 13.7. The summed E-state index contributed by atoms with van der Waals surface area (Å²) in [6.45, 7) is 11.6. The number of rotatable bonds is 7. The van der Waals surface area contributed by atoms with Crippen molar-refractivity contribution in [3.8, 4) is 0 Å². The van der Waals surface area contributed by atoms with E-state index in [4.69, 9.17) is 27.9 Å². The number of carbonyl (C=O) groups excluding carboxylic acids is 1. The van der Waals surface area contributed by atoms with E-state index in [0.717, 1.165) is 6.04 Å². The molecule has 24 heavy (non-hydrogen) atoms. The number of hydrogen-bond donors (Lipinski definition) is 0. The summed E-state index contributed by atoms with van der Waals surface area (Å²) in [6, 6.07) is 1.07. The number of aromatic nitrogens is 3. The van der Waals surface area contributed by atoms with Crippen LogP contribution in [0.25, 0.3) is 11.0 Å². The molecule has 0 radical (unpaired) electrons. The number of carbonyl (C=O) groups is 1. The average Bonchev–Trinajstić information content (AvgIpc) is 2.80. The first-order valence-electron chi connectivity index (χ1n) is 7.94. The van der Waals surface area contributed by atoms with Crippen molar-refractivity contribution >= 4 is 48.1 Å². The summed E-state index contributed by atoms with van der Waals surface area (Å²) in [7, 11) is -1.15. The summed E-state index contributed by atoms with van der Waals surface area (Å²) in [5.41, 5.74) is 1.03. The number of ketones is 1. The number of hydrogen-bond acceptors (Lipinski definition) is 4. The van der Waals surface area contributed by atoms with Gasteiger partial charge < -0.3 is 9.30 Å². The lowest BCUT2D eigenvalue weighted by molar-refractivity contribution is 0.0890. The zero-order chi connectivity index (χ0) is 18.1. The van der Waals surface area contributed by atoms with Crippen LogP contribution in [0.4, 0.5) is 0 Å². The highest BCUT2D eigenvalue weighted by Crippen LogP contribution is 2.29. The minimum absolute atomic E-state index is 0.00586. The van der Waals surface area contributed by atoms with Crippen LogP contribution >= 0.6 is 23.2 Å². The molecule has 0 fully saturated rings. The molecule has 0 aromatic carbocycles. The Kier molecular flexibility index (Phi) is 6.07. The van der Waals surface area contributed by atoms with E-state index in [0.29, 0.717) is 29.9 Å². The summed E-state index contributed by atoms with van der Waals surface area (Å²) < 4.78 is 7.55. The van der Waals surface area contributed by atoms with E-state index in [1.807, 2.05) is 13.8 Å². The van der Waals surface area contributed by atoms with Crippen LogP contribution in [-0.2, 0) is 11.5 Å². The van der Waals surface area contributed by atoms with Crippen molar-refractivity contribution in [2.24, 2.45) is 5.92 Å². The highest BCUT2D eigenvalue weighted by Gasteiger charge is 2.22. The number of nitrogens with zero attached hydrogens (tertiary/aromatic N) is 3. The van der Waals surface area contributed by atoms with Crippen molar-refractivity contribution in [3.05, 3.63) is 22.2 Å². The highest BCUT2D eigenvalue weighted by molar-refractivity contribution is 6.76. The molecule has 0 aliphatic heterocycles. The fraction of sp³-hybridized carbons (Fsp3) is 0.562. The molecule has 2 heterocycles. The summed E-state index contributed by atoms with van der Waals surface area (Å²) in [6.07, 6.45) is 1.73. The minimum atomic E-state index is -1.15. The lowest BCUT2D eigenvalue weighted by atomic mass is 10.0. The molecule has 132 valence electrons. The van der Waals surface area contributed by atoms with Gasteiger partial charge in [0.15, 0.2) is 5.78 Å². The summed E-state index contributed by atoms with van der Waals surface area (Å²) in [4.78, 5) is 20.7. The highest BCUT2D eigenvalue weighted by atomic mass is 35.5. The predicted octanol–water partition coefficient (Wildman–Crippen LogP) is 4.89. The summed E-state index contributed by atoms with van der Waals surface area (Å²) in [5.74, 6) is -0.155. The Hall–Kier alpha value is -0.953. The molecule has 8 heteroatoms. The minimum Gasteiger partial charge on any atom is -0.361 e. The van der Waals surface area contributed by atoms with Crippen LogP contribution in [0.2, 0.25) is 36.1 Å². The Morgan fingerprint density at radius 2 is 1.96 bits per heavy atom. The standard InChI is InChI=1S/C16H23Cl2N3O2Si/c1-10(2)13(22)11-8-21(9-23-6-7-24(3,4)5)15-12(11)14(17)19-16(18)20-15/h8,10H,6-7,9H2,1-5H3. The molecule has 2 aromatic heterocycles. The zero-order valence-corrected chi connectivity index (χ0v) is 17.2. The number of ether oxygens (including phenoxy) is 1. The molecule has 0 atom stereocenters. The summed E-state index contributed by atoms with van der Waals surface area (Å²) >= 11 is 12.1. The van der Waals surface area contributed by atoms with E-state index in [2.05, 4.69) is 29.6 Å². The van der Waals surface area contributed by atoms with Crippen LogP contribution < -0.4 is 0 Å². The Morgan fingerprint density at radius 1 is 1.29 bits per heavy atom. The molecule has 0 bridgehead atoms. The first kappa shape index (κ1) is 19.4. The van der Waals surface area contributed by atoms with Crippen LogP contribution in [-0.4, -0.2) is 35.0 Å². The van der Waals surface area contributed by atoms with Gasteiger partial charge in [-0.25, -0.2) is 4.98 Å². The van der Waals surface area contributed by atoms with Gasteiger partial charge in [0, 0.05) is 32.4 Å². The smallest absolute Gasteiger partial charge is 0.225 e. The molecule has 0 amide bonds. The molecule has 0 spiro atoms. The van der Waals surface area contributed by atoms with Crippen molar-refractivity contribution in [2.45, 2.75) is 46.3 Å². The van der Waals surface area contributed by atoms with Gasteiger partial charge in [-0.2, -0.15) is 4.98 Å². The molecule has 0 saturated carbocycles. The van der Waals surface area contributed by atoms with Crippen LogP contribution in [0.3, 0.4) is 0 Å². The van der Waals surface area contributed by atoms with Gasteiger partial charge >= 0.3 is 0 Å². The third kappa shape index (κ3) is 4.56. The lowest BCUT2D eigenvalue weighted by Crippen LogP contribution is -2.22. The molecule has 0 aliphatic carbocycles. The molecule has 2 aromatic rings. The third-order valence-electron chi connectivity index (χ3n) is 3.66.